The minimum atomic E-state index is -0.420. The topological polar surface area (TPSA) is 48.2 Å². The van der Waals surface area contributed by atoms with Crippen LogP contribution in [0.15, 0.2) is 0 Å². The summed E-state index contributed by atoms with van der Waals surface area (Å²) in [4.78, 5) is 2.81. The van der Waals surface area contributed by atoms with Crippen molar-refractivity contribution in [3.63, 3.8) is 0 Å². The van der Waals surface area contributed by atoms with Crippen molar-refractivity contribution in [2.45, 2.75) is 0 Å². The van der Waals surface area contributed by atoms with Crippen molar-refractivity contribution in [2.24, 2.45) is 0 Å². The fraction of sp³-hybridized carbons (Fsp3) is 0. The minimum Gasteiger partial charge on any atom is -0.488 e. The van der Waals surface area contributed by atoms with Crippen LogP contribution in [0.4, 0.5) is 0 Å². The van der Waals surface area contributed by atoms with Gasteiger partial charge in [-0.05, 0) is 0 Å². The van der Waals surface area contributed by atoms with Crippen LogP contribution in [-0.4, -0.2) is 0 Å². The van der Waals surface area contributed by atoms with Gasteiger partial charge in [-0.2, -0.15) is 0 Å². The molecule has 0 aliphatic rings. The van der Waals surface area contributed by atoms with Gasteiger partial charge in [0.05, 0.1) is 0 Å². The van der Waals surface area contributed by atoms with Crippen LogP contribution in [0.2, 0.25) is 0 Å². The van der Waals surface area contributed by atoms with Crippen LogP contribution in [-0.2, 0) is 9.13 Å². The van der Waals surface area contributed by atoms with E-state index in [-0.39, 0.29) is 0 Å². The van der Waals surface area contributed by atoms with Crippen molar-refractivity contribution in [1.29, 1.82) is 0 Å². The largest absolute Gasteiger partial charge is 0.488 e. The first kappa shape index (κ1) is 3490. The van der Waals surface area contributed by atoms with Gasteiger partial charge in [0.25, 0.3) is 0 Å². The van der Waals surface area contributed by atoms with E-state index in [9.17, 15) is 0 Å². The Morgan fingerprint density at radius 3 is 1.00 bits per heavy atom. The molecule has 0 fully saturated rings. The zero-order chi connectivity index (χ0) is 4.12. The quantitative estimate of drug-likeness (QED) is 0.397. The van der Waals surface area contributed by atoms with Gasteiger partial charge in [-0.3, -0.25) is 9.13 Å². The second kappa shape index (κ2) is 58.9. The van der Waals surface area contributed by atoms with Crippen LogP contribution in [0.3, 0.4) is 0 Å². The first-order valence-electron chi connectivity index (χ1n) is 0.765. The molecule has 0 radical (unpaired) electrons. The Kier molecular flexibility index (Phi) is 22800. The Labute approximate surface area is 32.3 Å². The normalized spacial score (nSPS) is 5.33. The monoisotopic (exact) mass is 1180 g/mol. The SMILES string of the molecule is O=P[N-]P=O.[Rf].[Rf].[Rf].[Rf]. The Morgan fingerprint density at radius 2 is 1.00 bits per heavy atom. The zero-order valence-electron chi connectivity index (χ0n) is 4.99. The molecule has 0 heterocycles. The van der Waals surface area contributed by atoms with E-state index in [1.165, 1.54) is 0 Å². The maximum absolute atomic E-state index is 9.13. The summed E-state index contributed by atoms with van der Waals surface area (Å²) in [7, 11) is -0.840. The Bertz CT molecular complexity index is 45.8. The summed E-state index contributed by atoms with van der Waals surface area (Å²) in [6.45, 7) is 0. The van der Waals surface area contributed by atoms with E-state index >= 15 is 0 Å². The molecule has 0 amide bonds. The molecule has 0 aliphatic heterocycles. The summed E-state index contributed by atoms with van der Waals surface area (Å²) >= 11 is 0. The van der Waals surface area contributed by atoms with E-state index in [2.05, 4.69) is 4.86 Å². The minimum absolute atomic E-state index is 0. The summed E-state index contributed by atoms with van der Waals surface area (Å²) in [5, 5.41) is 0. The molecule has 0 atom stereocenters. The smallest absolute Gasteiger partial charge is 0.0427 e. The van der Waals surface area contributed by atoms with Gasteiger partial charge in [0.15, 0.2) is 0 Å². The molecule has 0 saturated heterocycles. The van der Waals surface area contributed by atoms with Crippen LogP contribution in [0.5, 0.6) is 0 Å². The number of rotatable bonds is 2. The molecular formula is NO2P2Rf4-. The van der Waals surface area contributed by atoms with Crippen LogP contribution in [0.25, 0.3) is 4.86 Å². The second-order valence-electron chi connectivity index (χ2n) is 0.253. The molecule has 0 aromatic carbocycles. The van der Waals surface area contributed by atoms with Crippen molar-refractivity contribution >= 4 is 17.2 Å². The number of hydrogen-bond acceptors (Lipinski definition) is 2. The molecule has 0 saturated carbocycles. The fourth-order valence-electron chi connectivity index (χ4n) is 0.0149. The van der Waals surface area contributed by atoms with E-state index in [4.69, 9.17) is 9.13 Å². The third kappa shape index (κ3) is 5.73. The van der Waals surface area contributed by atoms with Gasteiger partial charge in [-0.15, -0.1) is 0 Å². The summed E-state index contributed by atoms with van der Waals surface area (Å²) < 4.78 is 18.3. The summed E-state index contributed by atoms with van der Waals surface area (Å²) in [6, 6.07) is 0. The molecule has 0 aromatic heterocycles. The van der Waals surface area contributed by atoms with E-state index in [0.717, 1.165) is 0 Å². The maximum Gasteiger partial charge on any atom is 0.0427 e. The fourth-order valence-corrected chi connectivity index (χ4v) is 0.134. The average Bonchev–Trinajstić information content (AvgIpc) is 1.41. The van der Waals surface area contributed by atoms with Crippen LogP contribution in [0.1, 0.15) is 0 Å². The van der Waals surface area contributed by atoms with E-state index < -0.39 is 17.2 Å². The van der Waals surface area contributed by atoms with Crippen molar-refractivity contribution in [2.75, 3.05) is 0 Å². The first-order valence-corrected chi connectivity index (χ1v) is 2.30. The molecule has 0 spiro atoms. The van der Waals surface area contributed by atoms with Gasteiger partial charge in [-0.25, -0.2) is 0 Å². The van der Waals surface area contributed by atoms with Crippen molar-refractivity contribution < 1.29 is 9.13 Å². The third-order valence-electron chi connectivity index (χ3n) is 0.0730. The Morgan fingerprint density at radius 1 is 0.778 bits per heavy atom. The van der Waals surface area contributed by atoms with Crippen LogP contribution < -0.4 is 0 Å². The Balaban J connectivity index is -0.0000000133. The Hall–Kier alpha value is -3.84. The molecule has 9 heavy (non-hydrogen) atoms. The molecule has 0 rings (SSSR count). The van der Waals surface area contributed by atoms with E-state index in [0.29, 0.717) is 0 Å². The molecule has 0 aromatic rings. The standard InChI is InChI=1S/NO2P2.4Rf/c2-4-1-5-3;;;;/q-1;;;;. The summed E-state index contributed by atoms with van der Waals surface area (Å²) in [5.41, 5.74) is 0. The molecule has 36 valence electrons. The van der Waals surface area contributed by atoms with E-state index in [1.54, 1.807) is 0 Å². The number of nitrogens with zero attached hydrogens (tertiary/aromatic N) is 1. The summed E-state index contributed by atoms with van der Waals surface area (Å²) in [6.07, 6.45) is 0. The predicted molar refractivity (Wildman–Crippen MR) is 18.6 cm³/mol. The van der Waals surface area contributed by atoms with Gasteiger partial charge < -0.3 is 4.86 Å². The van der Waals surface area contributed by atoms with Gasteiger partial charge in [0.2, 0.25) is 0 Å². The predicted octanol–water partition coefficient (Wildman–Crippen LogP) is 1.77. The van der Waals surface area contributed by atoms with Gasteiger partial charge in [0, 0.05) is 17.2 Å². The van der Waals surface area contributed by atoms with Gasteiger partial charge in [0.1, 0.15) is 0 Å². The second-order valence-corrected chi connectivity index (χ2v) is 1.29. The van der Waals surface area contributed by atoms with Crippen LogP contribution >= 0.6 is 17.2 Å². The van der Waals surface area contributed by atoms with Gasteiger partial charge >= 0.3 is 0 Å². The van der Waals surface area contributed by atoms with Crippen LogP contribution in [0, 0.1) is 0 Å². The molecule has 9 heteroatoms. The zero-order valence-corrected chi connectivity index (χ0v) is 32.4. The third-order valence-corrected chi connectivity index (χ3v) is 0.657. The molecule has 3 nitrogen and oxygen atoms in total. The number of hydrogen-bond donors (Lipinski definition) is 0. The van der Waals surface area contributed by atoms with Crippen molar-refractivity contribution in [3.05, 3.63) is 4.86 Å². The van der Waals surface area contributed by atoms with Crippen molar-refractivity contribution in [1.82, 2.24) is 0 Å². The molecular weight excluding hydrogens is 1180 g/mol. The van der Waals surface area contributed by atoms with E-state index in [1.807, 2.05) is 0 Å². The molecule has 0 aliphatic carbocycles. The summed E-state index contributed by atoms with van der Waals surface area (Å²) in [5.74, 6) is 0. The molecule has 0 bridgehead atoms. The van der Waals surface area contributed by atoms with Gasteiger partial charge in [-0.1, -0.05) is 0 Å². The average molecular weight is 1180 g/mol. The molecule has 0 unspecified atom stereocenters. The van der Waals surface area contributed by atoms with Crippen molar-refractivity contribution in [3.8, 4) is 0 Å². The first-order chi connectivity index (χ1) is 2.41. The molecule has 0 N–H and O–H groups in total. The maximum atomic E-state index is 9.13.